The van der Waals surface area contributed by atoms with E-state index in [1.54, 1.807) is 6.07 Å². The first-order chi connectivity index (χ1) is 8.66. The Labute approximate surface area is 106 Å². The van der Waals surface area contributed by atoms with Crippen LogP contribution in [0, 0.1) is 0 Å². The van der Waals surface area contributed by atoms with E-state index < -0.39 is 0 Å². The van der Waals surface area contributed by atoms with Gasteiger partial charge in [-0.05, 0) is 31.2 Å². The van der Waals surface area contributed by atoms with Crippen molar-refractivity contribution in [3.8, 4) is 0 Å². The molecule has 0 atom stereocenters. The van der Waals surface area contributed by atoms with Crippen molar-refractivity contribution in [2.24, 2.45) is 4.99 Å². The third kappa shape index (κ3) is 2.88. The Kier molecular flexibility index (Phi) is 3.63. The number of para-hydroxylation sites is 1. The van der Waals surface area contributed by atoms with Gasteiger partial charge in [0.25, 0.3) is 0 Å². The highest BCUT2D eigenvalue weighted by molar-refractivity contribution is 6.00. The van der Waals surface area contributed by atoms with Gasteiger partial charge in [0.1, 0.15) is 5.69 Å². The summed E-state index contributed by atoms with van der Waals surface area (Å²) in [6, 6.07) is 15.1. The highest BCUT2D eigenvalue weighted by atomic mass is 16.1. The van der Waals surface area contributed by atoms with Gasteiger partial charge in [-0.2, -0.15) is 0 Å². The molecule has 1 aromatic carbocycles. The van der Waals surface area contributed by atoms with Gasteiger partial charge in [-0.1, -0.05) is 24.3 Å². The molecule has 0 aliphatic rings. The van der Waals surface area contributed by atoms with Crippen LogP contribution in [-0.4, -0.2) is 16.5 Å². The molecule has 2 aromatic rings. The van der Waals surface area contributed by atoms with Gasteiger partial charge < -0.3 is 0 Å². The molecule has 18 heavy (non-hydrogen) atoms. The van der Waals surface area contributed by atoms with E-state index in [1.807, 2.05) is 49.4 Å². The molecule has 0 amide bonds. The summed E-state index contributed by atoms with van der Waals surface area (Å²) < 4.78 is 0. The molecule has 0 fully saturated rings. The molecule has 3 nitrogen and oxygen atoms in total. The zero-order valence-electron chi connectivity index (χ0n) is 10.4. The number of Topliss-reactive ketones (excluding diaryl/α,β-unsaturated/α-hetero) is 1. The molecular formula is C15H14N2O. The molecule has 0 N–H and O–H groups in total. The monoisotopic (exact) mass is 238 g/mol. The van der Waals surface area contributed by atoms with E-state index in [4.69, 9.17) is 0 Å². The summed E-state index contributed by atoms with van der Waals surface area (Å²) in [6.07, 6.45) is 0. The summed E-state index contributed by atoms with van der Waals surface area (Å²) in [6.45, 7) is 3.40. The smallest absolute Gasteiger partial charge is 0.178 e. The molecule has 0 radical (unpaired) electrons. The fourth-order valence-corrected chi connectivity index (χ4v) is 1.59. The average molecular weight is 238 g/mol. The van der Waals surface area contributed by atoms with Gasteiger partial charge in [0, 0.05) is 6.92 Å². The number of aliphatic imine (C=N–C) groups is 1. The molecule has 2 rings (SSSR count). The number of rotatable bonds is 3. The number of aromatic nitrogens is 1. The van der Waals surface area contributed by atoms with Crippen LogP contribution in [0.15, 0.2) is 53.5 Å². The van der Waals surface area contributed by atoms with Gasteiger partial charge in [0.2, 0.25) is 0 Å². The minimum Gasteiger partial charge on any atom is -0.293 e. The van der Waals surface area contributed by atoms with Crippen molar-refractivity contribution in [3.63, 3.8) is 0 Å². The molecule has 0 saturated heterocycles. The van der Waals surface area contributed by atoms with Crippen molar-refractivity contribution in [1.82, 2.24) is 4.98 Å². The third-order valence-electron chi connectivity index (χ3n) is 2.53. The van der Waals surface area contributed by atoms with Crippen LogP contribution in [0.3, 0.4) is 0 Å². The van der Waals surface area contributed by atoms with Crippen LogP contribution in [0.4, 0.5) is 5.69 Å². The number of benzene rings is 1. The molecule has 1 aromatic heterocycles. The van der Waals surface area contributed by atoms with Crippen molar-refractivity contribution in [3.05, 3.63) is 59.9 Å². The Balaban J connectivity index is 2.34. The predicted octanol–water partition coefficient (Wildman–Crippen LogP) is 3.42. The lowest BCUT2D eigenvalue weighted by Gasteiger charge is -2.02. The Morgan fingerprint density at radius 1 is 0.944 bits per heavy atom. The minimum atomic E-state index is -0.0376. The topological polar surface area (TPSA) is 42.3 Å². The molecule has 1 heterocycles. The first-order valence-corrected chi connectivity index (χ1v) is 5.75. The molecule has 0 bridgehead atoms. The number of nitrogens with zero attached hydrogens (tertiary/aromatic N) is 2. The summed E-state index contributed by atoms with van der Waals surface area (Å²) in [5.41, 5.74) is 2.87. The van der Waals surface area contributed by atoms with Gasteiger partial charge in [-0.3, -0.25) is 9.79 Å². The SMILES string of the molecule is CC(=O)c1cccc(C(C)=Nc2ccccc2)n1. The second kappa shape index (κ2) is 5.36. The number of carbonyl (C=O) groups excluding carboxylic acids is 1. The Hall–Kier alpha value is -2.29. The van der Waals surface area contributed by atoms with E-state index >= 15 is 0 Å². The van der Waals surface area contributed by atoms with Crippen LogP contribution in [0.5, 0.6) is 0 Å². The van der Waals surface area contributed by atoms with Crippen LogP contribution in [0.25, 0.3) is 0 Å². The molecular weight excluding hydrogens is 224 g/mol. The lowest BCUT2D eigenvalue weighted by atomic mass is 10.2. The van der Waals surface area contributed by atoms with Crippen LogP contribution in [-0.2, 0) is 0 Å². The molecule has 90 valence electrons. The van der Waals surface area contributed by atoms with Crippen LogP contribution < -0.4 is 0 Å². The van der Waals surface area contributed by atoms with Crippen molar-refractivity contribution < 1.29 is 4.79 Å². The van der Waals surface area contributed by atoms with Crippen molar-refractivity contribution in [2.45, 2.75) is 13.8 Å². The second-order valence-corrected chi connectivity index (χ2v) is 4.00. The predicted molar refractivity (Wildman–Crippen MR) is 72.6 cm³/mol. The first-order valence-electron chi connectivity index (χ1n) is 5.75. The highest BCUT2D eigenvalue weighted by Gasteiger charge is 2.04. The summed E-state index contributed by atoms with van der Waals surface area (Å²) in [7, 11) is 0. The fourth-order valence-electron chi connectivity index (χ4n) is 1.59. The third-order valence-corrected chi connectivity index (χ3v) is 2.53. The molecule has 0 saturated carbocycles. The van der Waals surface area contributed by atoms with Crippen LogP contribution in [0.1, 0.15) is 30.0 Å². The lowest BCUT2D eigenvalue weighted by Crippen LogP contribution is -2.03. The number of pyridine rings is 1. The largest absolute Gasteiger partial charge is 0.293 e. The number of hydrogen-bond donors (Lipinski definition) is 0. The normalized spacial score (nSPS) is 11.3. The van der Waals surface area contributed by atoms with E-state index in [0.717, 1.165) is 17.1 Å². The van der Waals surface area contributed by atoms with Crippen molar-refractivity contribution in [2.75, 3.05) is 0 Å². The van der Waals surface area contributed by atoms with Crippen LogP contribution in [0.2, 0.25) is 0 Å². The molecule has 0 unspecified atom stereocenters. The summed E-state index contributed by atoms with van der Waals surface area (Å²) in [4.78, 5) is 20.0. The van der Waals surface area contributed by atoms with Gasteiger partial charge in [-0.25, -0.2) is 4.98 Å². The molecule has 3 heteroatoms. The quantitative estimate of drug-likeness (QED) is 0.607. The number of hydrogen-bond acceptors (Lipinski definition) is 3. The molecule has 0 aliphatic carbocycles. The van der Waals surface area contributed by atoms with Gasteiger partial charge in [-0.15, -0.1) is 0 Å². The van der Waals surface area contributed by atoms with E-state index in [-0.39, 0.29) is 5.78 Å². The number of carbonyl (C=O) groups is 1. The Morgan fingerprint density at radius 3 is 2.28 bits per heavy atom. The van der Waals surface area contributed by atoms with Crippen molar-refractivity contribution >= 4 is 17.2 Å². The van der Waals surface area contributed by atoms with Gasteiger partial charge in [0.15, 0.2) is 5.78 Å². The van der Waals surface area contributed by atoms with E-state index in [0.29, 0.717) is 5.69 Å². The summed E-state index contributed by atoms with van der Waals surface area (Å²) >= 11 is 0. The summed E-state index contributed by atoms with van der Waals surface area (Å²) in [5.74, 6) is -0.0376. The molecule has 0 spiro atoms. The minimum absolute atomic E-state index is 0.0376. The fraction of sp³-hybridized carbons (Fsp3) is 0.133. The van der Waals surface area contributed by atoms with Gasteiger partial charge >= 0.3 is 0 Å². The van der Waals surface area contributed by atoms with Gasteiger partial charge in [0.05, 0.1) is 17.1 Å². The maximum Gasteiger partial charge on any atom is 0.178 e. The van der Waals surface area contributed by atoms with E-state index in [9.17, 15) is 4.79 Å². The first kappa shape index (κ1) is 12.2. The maximum absolute atomic E-state index is 11.3. The lowest BCUT2D eigenvalue weighted by molar-refractivity contribution is 0.101. The summed E-state index contributed by atoms with van der Waals surface area (Å²) in [5, 5.41) is 0. The Morgan fingerprint density at radius 2 is 1.61 bits per heavy atom. The van der Waals surface area contributed by atoms with Crippen molar-refractivity contribution in [1.29, 1.82) is 0 Å². The highest BCUT2D eigenvalue weighted by Crippen LogP contribution is 2.12. The zero-order chi connectivity index (χ0) is 13.0. The van der Waals surface area contributed by atoms with E-state index in [1.165, 1.54) is 6.92 Å². The maximum atomic E-state index is 11.3. The average Bonchev–Trinajstić information content (AvgIpc) is 2.40. The molecule has 0 aliphatic heterocycles. The van der Waals surface area contributed by atoms with Crippen LogP contribution >= 0.6 is 0 Å². The number of ketones is 1. The Bertz CT molecular complexity index is 588. The standard InChI is InChI=1S/C15H14N2O/c1-11(16-13-7-4-3-5-8-13)14-9-6-10-15(17-14)12(2)18/h3-10H,1-2H3. The van der Waals surface area contributed by atoms with E-state index in [2.05, 4.69) is 9.98 Å². The zero-order valence-corrected chi connectivity index (χ0v) is 10.4. The second-order valence-electron chi connectivity index (χ2n) is 4.00.